The highest BCUT2D eigenvalue weighted by Crippen LogP contribution is 2.22. The summed E-state index contributed by atoms with van der Waals surface area (Å²) in [6, 6.07) is 11.1. The lowest BCUT2D eigenvalue weighted by Crippen LogP contribution is -2.53. The molecule has 0 amide bonds. The van der Waals surface area contributed by atoms with Crippen molar-refractivity contribution in [1.82, 2.24) is 14.9 Å². The third kappa shape index (κ3) is 6.56. The maximum Gasteiger partial charge on any atom is 0.240 e. The Morgan fingerprint density at radius 2 is 1.79 bits per heavy atom. The Hall–Kier alpha value is -1.37. The SMILES string of the molecule is CN=C(NCCNS(=O)(=O)c1ccc(C)cc1)N1CCN(c2cccs2)CC1.I. The smallest absolute Gasteiger partial charge is 0.240 e. The zero-order valence-electron chi connectivity index (χ0n) is 16.7. The molecule has 0 atom stereocenters. The second-order valence-corrected chi connectivity index (χ2v) is 9.30. The fourth-order valence-corrected chi connectivity index (χ4v) is 4.90. The highest BCUT2D eigenvalue weighted by molar-refractivity contribution is 14.0. The van der Waals surface area contributed by atoms with Crippen LogP contribution in [-0.2, 0) is 10.0 Å². The van der Waals surface area contributed by atoms with Crippen LogP contribution in [0.2, 0.25) is 0 Å². The monoisotopic (exact) mass is 549 g/mol. The van der Waals surface area contributed by atoms with Gasteiger partial charge in [-0.2, -0.15) is 0 Å². The molecule has 160 valence electrons. The molecule has 2 aromatic rings. The van der Waals surface area contributed by atoms with Gasteiger partial charge in [-0.25, -0.2) is 13.1 Å². The number of aliphatic imine (C=N–C) groups is 1. The molecule has 1 aliphatic rings. The minimum atomic E-state index is -3.49. The van der Waals surface area contributed by atoms with E-state index < -0.39 is 10.0 Å². The van der Waals surface area contributed by atoms with Gasteiger partial charge in [-0.3, -0.25) is 4.99 Å². The molecule has 0 unspecified atom stereocenters. The molecule has 10 heteroatoms. The summed E-state index contributed by atoms with van der Waals surface area (Å²) in [6.45, 7) is 6.36. The molecule has 1 aliphatic heterocycles. The second kappa shape index (κ2) is 11.1. The number of thiophene rings is 1. The summed E-state index contributed by atoms with van der Waals surface area (Å²) < 4.78 is 27.3. The Morgan fingerprint density at radius 1 is 1.10 bits per heavy atom. The van der Waals surface area contributed by atoms with Crippen molar-refractivity contribution in [2.24, 2.45) is 4.99 Å². The summed E-state index contributed by atoms with van der Waals surface area (Å²) in [5.41, 5.74) is 1.03. The van der Waals surface area contributed by atoms with Gasteiger partial charge in [0.15, 0.2) is 5.96 Å². The van der Waals surface area contributed by atoms with Crippen LogP contribution in [0.3, 0.4) is 0 Å². The molecule has 0 bridgehead atoms. The number of benzene rings is 1. The molecule has 1 aromatic heterocycles. The van der Waals surface area contributed by atoms with E-state index in [1.807, 2.05) is 6.92 Å². The van der Waals surface area contributed by atoms with Crippen molar-refractivity contribution in [1.29, 1.82) is 0 Å². The van der Waals surface area contributed by atoms with Crippen LogP contribution in [0, 0.1) is 6.92 Å². The van der Waals surface area contributed by atoms with Crippen LogP contribution < -0.4 is 14.9 Å². The van der Waals surface area contributed by atoms with Gasteiger partial charge >= 0.3 is 0 Å². The van der Waals surface area contributed by atoms with E-state index in [1.54, 1.807) is 42.6 Å². The highest BCUT2D eigenvalue weighted by atomic mass is 127. The average Bonchev–Trinajstić information content (AvgIpc) is 3.23. The fourth-order valence-electron chi connectivity index (χ4n) is 3.08. The first-order valence-electron chi connectivity index (χ1n) is 9.30. The molecule has 1 saturated heterocycles. The number of hydrogen-bond acceptors (Lipinski definition) is 5. The van der Waals surface area contributed by atoms with E-state index in [4.69, 9.17) is 0 Å². The maximum absolute atomic E-state index is 12.3. The van der Waals surface area contributed by atoms with E-state index in [9.17, 15) is 8.42 Å². The summed E-state index contributed by atoms with van der Waals surface area (Å²) in [7, 11) is -1.73. The van der Waals surface area contributed by atoms with Crippen molar-refractivity contribution in [3.05, 3.63) is 47.3 Å². The number of rotatable bonds is 6. The summed E-state index contributed by atoms with van der Waals surface area (Å²) in [5.74, 6) is 0.806. The standard InChI is InChI=1S/C19H27N5O2S2.HI/c1-16-5-7-17(8-6-16)28(25,26)22-10-9-21-19(20-2)24-13-11-23(12-14-24)18-4-3-15-27-18;/h3-8,15,22H,9-14H2,1-2H3,(H,20,21);1H. The van der Waals surface area contributed by atoms with Gasteiger partial charge in [0.1, 0.15) is 0 Å². The topological polar surface area (TPSA) is 77.0 Å². The zero-order chi connectivity index (χ0) is 20.0. The third-order valence-corrected chi connectivity index (χ3v) is 7.05. The van der Waals surface area contributed by atoms with E-state index >= 15 is 0 Å². The quantitative estimate of drug-likeness (QED) is 0.251. The number of nitrogens with zero attached hydrogens (tertiary/aromatic N) is 3. The fraction of sp³-hybridized carbons (Fsp3) is 0.421. The third-order valence-electron chi connectivity index (χ3n) is 4.64. The normalized spacial score (nSPS) is 15.2. The summed E-state index contributed by atoms with van der Waals surface area (Å²) in [5, 5.41) is 6.65. The zero-order valence-corrected chi connectivity index (χ0v) is 20.6. The molecule has 2 N–H and O–H groups in total. The molecule has 1 fully saturated rings. The first kappa shape index (κ1) is 23.9. The first-order chi connectivity index (χ1) is 13.5. The molecule has 29 heavy (non-hydrogen) atoms. The van der Waals surface area contributed by atoms with Gasteiger partial charge in [0.05, 0.1) is 9.90 Å². The predicted molar refractivity (Wildman–Crippen MR) is 131 cm³/mol. The predicted octanol–water partition coefficient (Wildman–Crippen LogP) is 2.35. The van der Waals surface area contributed by atoms with Crippen molar-refractivity contribution in [2.75, 3.05) is 51.2 Å². The molecule has 0 radical (unpaired) electrons. The molecular formula is C19H28IN5O2S2. The van der Waals surface area contributed by atoms with Crippen molar-refractivity contribution in [3.8, 4) is 0 Å². The summed E-state index contributed by atoms with van der Waals surface area (Å²) in [6.07, 6.45) is 0. The lowest BCUT2D eigenvalue weighted by atomic mass is 10.2. The van der Waals surface area contributed by atoms with Crippen LogP contribution in [0.5, 0.6) is 0 Å². The maximum atomic E-state index is 12.3. The largest absolute Gasteiger partial charge is 0.360 e. The number of sulfonamides is 1. The molecule has 0 saturated carbocycles. The highest BCUT2D eigenvalue weighted by Gasteiger charge is 2.20. The van der Waals surface area contributed by atoms with Crippen LogP contribution in [0.1, 0.15) is 5.56 Å². The Kier molecular flexibility index (Phi) is 9.18. The Labute approximate surface area is 194 Å². The van der Waals surface area contributed by atoms with E-state index in [2.05, 4.69) is 42.3 Å². The number of guanidine groups is 1. The van der Waals surface area contributed by atoms with Gasteiger partial charge in [0.25, 0.3) is 0 Å². The van der Waals surface area contributed by atoms with Crippen LogP contribution >= 0.6 is 35.3 Å². The van der Waals surface area contributed by atoms with Crippen LogP contribution in [-0.4, -0.2) is 65.6 Å². The Morgan fingerprint density at radius 3 is 2.38 bits per heavy atom. The van der Waals surface area contributed by atoms with Crippen LogP contribution in [0.15, 0.2) is 51.7 Å². The van der Waals surface area contributed by atoms with Crippen LogP contribution in [0.4, 0.5) is 5.00 Å². The number of hydrogen-bond donors (Lipinski definition) is 2. The Balaban J connectivity index is 0.00000300. The van der Waals surface area contributed by atoms with Gasteiger partial charge in [-0.05, 0) is 36.6 Å². The van der Waals surface area contributed by atoms with Gasteiger partial charge in [-0.15, -0.1) is 35.3 Å². The summed E-state index contributed by atoms with van der Waals surface area (Å²) in [4.78, 5) is 9.21. The minimum Gasteiger partial charge on any atom is -0.360 e. The van der Waals surface area contributed by atoms with Crippen molar-refractivity contribution in [3.63, 3.8) is 0 Å². The van der Waals surface area contributed by atoms with E-state index in [-0.39, 0.29) is 28.9 Å². The molecule has 1 aromatic carbocycles. The molecule has 2 heterocycles. The van der Waals surface area contributed by atoms with Gasteiger partial charge in [0, 0.05) is 46.3 Å². The summed E-state index contributed by atoms with van der Waals surface area (Å²) >= 11 is 1.76. The van der Waals surface area contributed by atoms with E-state index in [0.29, 0.717) is 13.1 Å². The van der Waals surface area contributed by atoms with E-state index in [1.165, 1.54) is 5.00 Å². The molecule has 0 spiro atoms. The molecule has 0 aliphatic carbocycles. The molecular weight excluding hydrogens is 521 g/mol. The molecule has 3 rings (SSSR count). The minimum absolute atomic E-state index is 0. The van der Waals surface area contributed by atoms with Crippen molar-refractivity contribution < 1.29 is 8.42 Å². The second-order valence-electron chi connectivity index (χ2n) is 6.61. The van der Waals surface area contributed by atoms with Crippen LogP contribution in [0.25, 0.3) is 0 Å². The number of halogens is 1. The lowest BCUT2D eigenvalue weighted by molar-refractivity contribution is 0.374. The van der Waals surface area contributed by atoms with E-state index in [0.717, 1.165) is 37.7 Å². The van der Waals surface area contributed by atoms with Gasteiger partial charge in [0.2, 0.25) is 10.0 Å². The van der Waals surface area contributed by atoms with Gasteiger partial charge < -0.3 is 15.1 Å². The van der Waals surface area contributed by atoms with Gasteiger partial charge in [-0.1, -0.05) is 17.7 Å². The first-order valence-corrected chi connectivity index (χ1v) is 11.7. The number of anilines is 1. The number of piperazine rings is 1. The number of nitrogens with one attached hydrogen (secondary N) is 2. The number of aryl methyl sites for hydroxylation is 1. The average molecular weight is 550 g/mol. The molecule has 7 nitrogen and oxygen atoms in total. The lowest BCUT2D eigenvalue weighted by Gasteiger charge is -2.37. The Bertz CT molecular complexity index is 878. The van der Waals surface area contributed by atoms with Crippen molar-refractivity contribution in [2.45, 2.75) is 11.8 Å². The van der Waals surface area contributed by atoms with Crippen molar-refractivity contribution >= 4 is 56.3 Å².